The van der Waals surface area contributed by atoms with Crippen LogP contribution in [0.5, 0.6) is 0 Å². The predicted molar refractivity (Wildman–Crippen MR) is 61.1 cm³/mol. The highest BCUT2D eigenvalue weighted by Gasteiger charge is 2.23. The van der Waals surface area contributed by atoms with Crippen molar-refractivity contribution >= 4 is 23.0 Å². The molecule has 1 N–H and O–H groups in total. The van der Waals surface area contributed by atoms with E-state index in [1.54, 1.807) is 0 Å². The SMILES string of the molecule is S=C1N=C2C=C3C=CC=CC3C=C2N1. The zero-order valence-electron chi connectivity index (χ0n) is 7.40. The molecule has 3 aliphatic rings. The fourth-order valence-electron chi connectivity index (χ4n) is 1.82. The first-order chi connectivity index (χ1) is 6.83. The Morgan fingerprint density at radius 2 is 2.29 bits per heavy atom. The minimum atomic E-state index is 0.377. The maximum absolute atomic E-state index is 4.99. The maximum atomic E-state index is 4.99. The van der Waals surface area contributed by atoms with Gasteiger partial charge in [-0.1, -0.05) is 24.3 Å². The van der Waals surface area contributed by atoms with Gasteiger partial charge in [0.15, 0.2) is 5.11 Å². The van der Waals surface area contributed by atoms with E-state index < -0.39 is 0 Å². The molecule has 1 unspecified atom stereocenters. The van der Waals surface area contributed by atoms with Gasteiger partial charge in [0.05, 0.1) is 11.4 Å². The van der Waals surface area contributed by atoms with Crippen LogP contribution < -0.4 is 5.32 Å². The highest BCUT2D eigenvalue weighted by atomic mass is 32.1. The van der Waals surface area contributed by atoms with Crippen molar-refractivity contribution in [2.75, 3.05) is 0 Å². The number of nitrogens with zero attached hydrogens (tertiary/aromatic N) is 1. The van der Waals surface area contributed by atoms with Crippen LogP contribution in [0.4, 0.5) is 0 Å². The second kappa shape index (κ2) is 2.75. The lowest BCUT2D eigenvalue weighted by molar-refractivity contribution is 0.966. The summed E-state index contributed by atoms with van der Waals surface area (Å²) in [7, 11) is 0. The number of rotatable bonds is 0. The van der Waals surface area contributed by atoms with Gasteiger partial charge in [-0.15, -0.1) is 0 Å². The Bertz CT molecular complexity index is 464. The Balaban J connectivity index is 2.09. The number of hydrogen-bond donors (Lipinski definition) is 1. The van der Waals surface area contributed by atoms with Crippen molar-refractivity contribution in [1.29, 1.82) is 0 Å². The van der Waals surface area contributed by atoms with Gasteiger partial charge in [-0.25, -0.2) is 4.99 Å². The van der Waals surface area contributed by atoms with Crippen LogP contribution in [-0.2, 0) is 0 Å². The minimum absolute atomic E-state index is 0.377. The number of hydrogen-bond acceptors (Lipinski definition) is 1. The van der Waals surface area contributed by atoms with E-state index in [4.69, 9.17) is 12.2 Å². The molecule has 0 fully saturated rings. The van der Waals surface area contributed by atoms with Crippen molar-refractivity contribution in [1.82, 2.24) is 5.32 Å². The Labute approximate surface area is 87.4 Å². The molecular formula is C11H8N2S. The van der Waals surface area contributed by atoms with Crippen molar-refractivity contribution in [3.05, 3.63) is 47.7 Å². The van der Waals surface area contributed by atoms with Crippen LogP contribution in [-0.4, -0.2) is 10.8 Å². The number of allylic oxidation sites excluding steroid dienone is 7. The molecule has 14 heavy (non-hydrogen) atoms. The van der Waals surface area contributed by atoms with Crippen LogP contribution in [0.2, 0.25) is 0 Å². The van der Waals surface area contributed by atoms with E-state index in [0.717, 1.165) is 11.4 Å². The Morgan fingerprint density at radius 3 is 3.21 bits per heavy atom. The summed E-state index contributed by atoms with van der Waals surface area (Å²) in [6.07, 6.45) is 12.6. The van der Waals surface area contributed by atoms with Crippen molar-refractivity contribution < 1.29 is 0 Å². The summed E-state index contributed by atoms with van der Waals surface area (Å²) in [4.78, 5) is 4.24. The molecule has 0 spiro atoms. The number of fused-ring (bicyclic) bond motifs is 2. The summed E-state index contributed by atoms with van der Waals surface area (Å²) in [5.74, 6) is 0.377. The quantitative estimate of drug-likeness (QED) is 0.604. The second-order valence-corrected chi connectivity index (χ2v) is 3.81. The first-order valence-corrected chi connectivity index (χ1v) is 4.92. The molecule has 1 atom stereocenters. The van der Waals surface area contributed by atoms with Crippen LogP contribution in [0.25, 0.3) is 0 Å². The predicted octanol–water partition coefficient (Wildman–Crippen LogP) is 1.88. The van der Waals surface area contributed by atoms with Crippen molar-refractivity contribution in [3.63, 3.8) is 0 Å². The van der Waals surface area contributed by atoms with E-state index in [1.165, 1.54) is 5.57 Å². The molecule has 1 heterocycles. The van der Waals surface area contributed by atoms with E-state index in [2.05, 4.69) is 40.7 Å². The molecule has 0 amide bonds. The van der Waals surface area contributed by atoms with E-state index in [1.807, 2.05) is 6.08 Å². The molecule has 2 aliphatic carbocycles. The lowest BCUT2D eigenvalue weighted by Crippen LogP contribution is -2.18. The topological polar surface area (TPSA) is 24.4 Å². The third-order valence-electron chi connectivity index (χ3n) is 2.49. The largest absolute Gasteiger partial charge is 0.329 e. The fraction of sp³-hybridized carbons (Fsp3) is 0.0909. The molecule has 2 nitrogen and oxygen atoms in total. The summed E-state index contributed by atoms with van der Waals surface area (Å²) in [6.45, 7) is 0. The van der Waals surface area contributed by atoms with E-state index >= 15 is 0 Å². The average Bonchev–Trinajstić information content (AvgIpc) is 2.53. The van der Waals surface area contributed by atoms with Crippen molar-refractivity contribution in [2.45, 2.75) is 0 Å². The standard InChI is InChI=1S/C11H8N2S/c14-11-12-9-5-7-3-1-2-4-8(7)6-10(9)13-11/h1-7H,(H,12,14). The van der Waals surface area contributed by atoms with Gasteiger partial charge in [0.25, 0.3) is 0 Å². The number of thiocarbonyl (C=S) groups is 1. The Morgan fingerprint density at radius 1 is 1.36 bits per heavy atom. The van der Waals surface area contributed by atoms with E-state index in [9.17, 15) is 0 Å². The van der Waals surface area contributed by atoms with Crippen LogP contribution in [0.15, 0.2) is 52.7 Å². The number of aliphatic imine (C=N–C) groups is 1. The van der Waals surface area contributed by atoms with Crippen molar-refractivity contribution in [3.8, 4) is 0 Å². The van der Waals surface area contributed by atoms with Gasteiger partial charge >= 0.3 is 0 Å². The van der Waals surface area contributed by atoms with Crippen molar-refractivity contribution in [2.24, 2.45) is 10.9 Å². The molecule has 0 aromatic heterocycles. The van der Waals surface area contributed by atoms with E-state index in [0.29, 0.717) is 11.0 Å². The summed E-state index contributed by atoms with van der Waals surface area (Å²) in [5.41, 5.74) is 3.28. The molecule has 0 radical (unpaired) electrons. The monoisotopic (exact) mass is 200 g/mol. The van der Waals surface area contributed by atoms with Crippen LogP contribution in [0.3, 0.4) is 0 Å². The third-order valence-corrected chi connectivity index (χ3v) is 2.69. The van der Waals surface area contributed by atoms with Gasteiger partial charge < -0.3 is 5.32 Å². The molecule has 0 saturated heterocycles. The average molecular weight is 200 g/mol. The normalized spacial score (nSPS) is 27.3. The molecule has 3 heteroatoms. The lowest BCUT2D eigenvalue weighted by Gasteiger charge is -2.18. The van der Waals surface area contributed by atoms with E-state index in [-0.39, 0.29) is 0 Å². The first-order valence-electron chi connectivity index (χ1n) is 4.51. The summed E-state index contributed by atoms with van der Waals surface area (Å²) >= 11 is 4.99. The Hall–Kier alpha value is -1.48. The smallest absolute Gasteiger partial charge is 0.197 e. The second-order valence-electron chi connectivity index (χ2n) is 3.42. The van der Waals surface area contributed by atoms with Gasteiger partial charge in [-0.2, -0.15) is 0 Å². The lowest BCUT2D eigenvalue weighted by atomic mass is 9.88. The van der Waals surface area contributed by atoms with Crippen LogP contribution in [0.1, 0.15) is 0 Å². The summed E-state index contributed by atoms with van der Waals surface area (Å²) in [5, 5.41) is 3.64. The number of nitrogens with one attached hydrogen (secondary N) is 1. The summed E-state index contributed by atoms with van der Waals surface area (Å²) in [6, 6.07) is 0. The van der Waals surface area contributed by atoms with Gasteiger partial charge in [0.1, 0.15) is 0 Å². The third kappa shape index (κ3) is 1.09. The fourth-order valence-corrected chi connectivity index (χ4v) is 2.03. The Kier molecular flexibility index (Phi) is 1.55. The molecule has 0 saturated carbocycles. The van der Waals surface area contributed by atoms with Crippen LogP contribution >= 0.6 is 12.2 Å². The van der Waals surface area contributed by atoms with Crippen LogP contribution in [0, 0.1) is 5.92 Å². The highest BCUT2D eigenvalue weighted by molar-refractivity contribution is 7.80. The molecule has 0 aromatic rings. The highest BCUT2D eigenvalue weighted by Crippen LogP contribution is 2.27. The molecule has 3 rings (SSSR count). The van der Waals surface area contributed by atoms with Gasteiger partial charge in [-0.05, 0) is 29.9 Å². The molecule has 68 valence electrons. The van der Waals surface area contributed by atoms with Gasteiger partial charge in [-0.3, -0.25) is 0 Å². The molecule has 1 aliphatic heterocycles. The minimum Gasteiger partial charge on any atom is -0.329 e. The van der Waals surface area contributed by atoms with Gasteiger partial charge in [0, 0.05) is 5.92 Å². The zero-order valence-corrected chi connectivity index (χ0v) is 8.21. The first kappa shape index (κ1) is 7.88. The molecule has 0 bridgehead atoms. The zero-order chi connectivity index (χ0) is 9.54. The maximum Gasteiger partial charge on any atom is 0.197 e. The van der Waals surface area contributed by atoms with Gasteiger partial charge in [0.2, 0.25) is 0 Å². The summed E-state index contributed by atoms with van der Waals surface area (Å²) < 4.78 is 0. The molecule has 0 aromatic carbocycles. The molecular weight excluding hydrogens is 192 g/mol.